The molecule has 4 unspecified atom stereocenters. The van der Waals surface area contributed by atoms with Crippen LogP contribution in [0.4, 0.5) is 0 Å². The highest BCUT2D eigenvalue weighted by atomic mass is 127. The van der Waals surface area contributed by atoms with Crippen molar-refractivity contribution in [3.8, 4) is 0 Å². The van der Waals surface area contributed by atoms with Crippen LogP contribution in [0, 0.1) is 11.8 Å². The van der Waals surface area contributed by atoms with E-state index in [4.69, 9.17) is 9.73 Å². The van der Waals surface area contributed by atoms with Gasteiger partial charge in [0.05, 0.1) is 18.8 Å². The largest absolute Gasteiger partial charge is 0.374 e. The standard InChI is InChI=1S/C17H30N4O.HI/c1-3-18-17(19-8-9-20(2)12-4-5-12)21-10-13-14(11-21)16-7-6-15(13)22-16;/h12-16H,3-11H2,1-2H3,(H,18,19);1H. The average Bonchev–Trinajstić information content (AvgIpc) is 2.97. The van der Waals surface area contributed by atoms with Crippen molar-refractivity contribution in [2.75, 3.05) is 39.8 Å². The molecule has 3 heterocycles. The molecule has 5 nitrogen and oxygen atoms in total. The van der Waals surface area contributed by atoms with Gasteiger partial charge in [0.15, 0.2) is 5.96 Å². The zero-order valence-corrected chi connectivity index (χ0v) is 16.7. The van der Waals surface area contributed by atoms with Crippen LogP contribution in [0.1, 0.15) is 32.6 Å². The third-order valence-corrected chi connectivity index (χ3v) is 5.97. The lowest BCUT2D eigenvalue weighted by Crippen LogP contribution is -2.41. The van der Waals surface area contributed by atoms with E-state index in [1.807, 2.05) is 0 Å². The first-order valence-corrected chi connectivity index (χ1v) is 9.15. The molecule has 2 bridgehead atoms. The summed E-state index contributed by atoms with van der Waals surface area (Å²) in [5.41, 5.74) is 0. The van der Waals surface area contributed by atoms with Crippen LogP contribution in [0.15, 0.2) is 4.99 Å². The summed E-state index contributed by atoms with van der Waals surface area (Å²) in [4.78, 5) is 9.84. The molecule has 4 atom stereocenters. The minimum Gasteiger partial charge on any atom is -0.374 e. The number of halogens is 1. The Balaban J connectivity index is 0.00000156. The van der Waals surface area contributed by atoms with Crippen molar-refractivity contribution in [3.63, 3.8) is 0 Å². The van der Waals surface area contributed by atoms with Crippen molar-refractivity contribution in [1.82, 2.24) is 15.1 Å². The Bertz CT molecular complexity index is 424. The van der Waals surface area contributed by atoms with Crippen molar-refractivity contribution in [3.05, 3.63) is 0 Å². The molecule has 1 N–H and O–H groups in total. The lowest BCUT2D eigenvalue weighted by Gasteiger charge is -2.24. The van der Waals surface area contributed by atoms with Crippen molar-refractivity contribution >= 4 is 29.9 Å². The van der Waals surface area contributed by atoms with Crippen molar-refractivity contribution < 1.29 is 4.74 Å². The summed E-state index contributed by atoms with van der Waals surface area (Å²) in [6.45, 7) is 7.37. The molecule has 1 aliphatic carbocycles. The number of nitrogens with zero attached hydrogens (tertiary/aromatic N) is 3. The first-order valence-electron chi connectivity index (χ1n) is 9.15. The van der Waals surface area contributed by atoms with Gasteiger partial charge in [-0.05, 0) is 39.7 Å². The Hall–Kier alpha value is -0.0800. The lowest BCUT2D eigenvalue weighted by molar-refractivity contribution is 0.0767. The molecule has 4 aliphatic rings. The normalized spacial score (nSPS) is 35.6. The summed E-state index contributed by atoms with van der Waals surface area (Å²) in [6, 6.07) is 0.830. The van der Waals surface area contributed by atoms with E-state index in [0.717, 1.165) is 56.6 Å². The summed E-state index contributed by atoms with van der Waals surface area (Å²) in [5, 5.41) is 3.50. The minimum absolute atomic E-state index is 0. The van der Waals surface area contributed by atoms with Crippen molar-refractivity contribution in [1.29, 1.82) is 0 Å². The molecule has 4 rings (SSSR count). The average molecular weight is 434 g/mol. The lowest BCUT2D eigenvalue weighted by atomic mass is 9.82. The topological polar surface area (TPSA) is 40.1 Å². The number of fused-ring (bicyclic) bond motifs is 5. The first-order chi connectivity index (χ1) is 10.8. The number of hydrogen-bond donors (Lipinski definition) is 1. The summed E-state index contributed by atoms with van der Waals surface area (Å²) >= 11 is 0. The van der Waals surface area contributed by atoms with Gasteiger partial charge in [-0.15, -0.1) is 24.0 Å². The predicted molar refractivity (Wildman–Crippen MR) is 103 cm³/mol. The molecule has 1 saturated carbocycles. The van der Waals surface area contributed by atoms with E-state index in [1.165, 1.54) is 25.7 Å². The van der Waals surface area contributed by atoms with Gasteiger partial charge in [0.25, 0.3) is 0 Å². The van der Waals surface area contributed by atoms with E-state index in [0.29, 0.717) is 12.2 Å². The fraction of sp³-hybridized carbons (Fsp3) is 0.941. The molecule has 0 aromatic heterocycles. The number of ether oxygens (including phenoxy) is 1. The highest BCUT2D eigenvalue weighted by Gasteiger charge is 2.53. The van der Waals surface area contributed by atoms with E-state index in [9.17, 15) is 0 Å². The zero-order chi connectivity index (χ0) is 15.1. The van der Waals surface area contributed by atoms with Gasteiger partial charge in [0, 0.05) is 44.1 Å². The number of likely N-dealkylation sites (tertiary alicyclic amines) is 1. The minimum atomic E-state index is 0. The number of rotatable bonds is 5. The van der Waals surface area contributed by atoms with Crippen LogP contribution in [-0.2, 0) is 4.74 Å². The Labute approximate surface area is 157 Å². The molecule has 6 heteroatoms. The second-order valence-electron chi connectivity index (χ2n) is 7.47. The van der Waals surface area contributed by atoms with Gasteiger partial charge in [0.2, 0.25) is 0 Å². The summed E-state index contributed by atoms with van der Waals surface area (Å²) in [6.07, 6.45) is 6.36. The van der Waals surface area contributed by atoms with E-state index in [2.05, 4.69) is 29.1 Å². The molecule has 4 fully saturated rings. The zero-order valence-electron chi connectivity index (χ0n) is 14.4. The van der Waals surface area contributed by atoms with Gasteiger partial charge in [-0.3, -0.25) is 4.99 Å². The van der Waals surface area contributed by atoms with Crippen LogP contribution < -0.4 is 5.32 Å². The third kappa shape index (κ3) is 3.63. The van der Waals surface area contributed by atoms with Crippen molar-refractivity contribution in [2.24, 2.45) is 16.8 Å². The summed E-state index contributed by atoms with van der Waals surface area (Å²) < 4.78 is 6.08. The van der Waals surface area contributed by atoms with E-state index in [-0.39, 0.29) is 24.0 Å². The Morgan fingerprint density at radius 2 is 1.83 bits per heavy atom. The molecular weight excluding hydrogens is 403 g/mol. The SMILES string of the molecule is CCNC(=NCCN(C)C1CC1)N1CC2C3CCC(O3)C2C1.I. The van der Waals surface area contributed by atoms with Crippen LogP contribution in [0.3, 0.4) is 0 Å². The number of guanidine groups is 1. The maximum atomic E-state index is 6.08. The van der Waals surface area contributed by atoms with Gasteiger partial charge in [0.1, 0.15) is 0 Å². The highest BCUT2D eigenvalue weighted by molar-refractivity contribution is 14.0. The Kier molecular flexibility index (Phi) is 5.73. The number of nitrogens with one attached hydrogen (secondary N) is 1. The smallest absolute Gasteiger partial charge is 0.193 e. The Morgan fingerprint density at radius 3 is 2.39 bits per heavy atom. The molecular formula is C17H31IN4O. The van der Waals surface area contributed by atoms with Crippen LogP contribution in [0.5, 0.6) is 0 Å². The van der Waals surface area contributed by atoms with Gasteiger partial charge < -0.3 is 19.9 Å². The number of hydrogen-bond acceptors (Lipinski definition) is 3. The van der Waals surface area contributed by atoms with Gasteiger partial charge in [-0.1, -0.05) is 0 Å². The molecule has 132 valence electrons. The second-order valence-corrected chi connectivity index (χ2v) is 7.47. The van der Waals surface area contributed by atoms with Crippen LogP contribution in [0.2, 0.25) is 0 Å². The molecule has 0 radical (unpaired) electrons. The molecule has 3 aliphatic heterocycles. The van der Waals surface area contributed by atoms with Crippen LogP contribution in [0.25, 0.3) is 0 Å². The number of likely N-dealkylation sites (N-methyl/N-ethyl adjacent to an activating group) is 1. The van der Waals surface area contributed by atoms with E-state index >= 15 is 0 Å². The van der Waals surface area contributed by atoms with Crippen LogP contribution in [-0.4, -0.2) is 73.8 Å². The van der Waals surface area contributed by atoms with Gasteiger partial charge in [-0.2, -0.15) is 0 Å². The first kappa shape index (κ1) is 17.7. The third-order valence-electron chi connectivity index (χ3n) is 5.97. The molecule has 0 aromatic rings. The summed E-state index contributed by atoms with van der Waals surface area (Å²) in [5.74, 6) is 2.62. The van der Waals surface area contributed by atoms with Crippen LogP contribution >= 0.6 is 24.0 Å². The monoisotopic (exact) mass is 434 g/mol. The molecule has 0 aromatic carbocycles. The summed E-state index contributed by atoms with van der Waals surface area (Å²) in [7, 11) is 2.23. The fourth-order valence-corrected chi connectivity index (χ4v) is 4.57. The van der Waals surface area contributed by atoms with E-state index < -0.39 is 0 Å². The molecule has 3 saturated heterocycles. The maximum Gasteiger partial charge on any atom is 0.193 e. The predicted octanol–water partition coefficient (Wildman–Crippen LogP) is 1.77. The highest BCUT2D eigenvalue weighted by Crippen LogP contribution is 2.47. The van der Waals surface area contributed by atoms with Gasteiger partial charge in [-0.25, -0.2) is 0 Å². The second kappa shape index (κ2) is 7.44. The van der Waals surface area contributed by atoms with E-state index in [1.54, 1.807) is 0 Å². The Morgan fingerprint density at radius 1 is 1.17 bits per heavy atom. The molecule has 0 spiro atoms. The van der Waals surface area contributed by atoms with Crippen molar-refractivity contribution in [2.45, 2.75) is 50.9 Å². The molecule has 0 amide bonds. The maximum absolute atomic E-state index is 6.08. The number of aliphatic imine (C=N–C) groups is 1. The molecule has 23 heavy (non-hydrogen) atoms. The quantitative estimate of drug-likeness (QED) is 0.407. The fourth-order valence-electron chi connectivity index (χ4n) is 4.57. The van der Waals surface area contributed by atoms with Gasteiger partial charge >= 0.3 is 0 Å².